The summed E-state index contributed by atoms with van der Waals surface area (Å²) in [5.74, 6) is -0.690. The average molecular weight is 431 g/mol. The fourth-order valence-corrected chi connectivity index (χ4v) is 4.57. The van der Waals surface area contributed by atoms with Gasteiger partial charge in [-0.3, -0.25) is 9.59 Å². The van der Waals surface area contributed by atoms with Gasteiger partial charge < -0.3 is 15.0 Å². The number of halogens is 2. The standard InChI is InChI=1S/C23H24ClFN2O3/c1-12-8-16-6-7-27(12)23(29)18-11-15(13(2)20(24)21(18)30-16)9-14-4-5-17(19(25)10-14)22(28)26-3/h4-5,10-12,16H,6-9H2,1-3H3,(H,26,28)/t12-,16+/m1/s1. The number of fused-ring (bicyclic) bond motifs is 2. The van der Waals surface area contributed by atoms with Gasteiger partial charge in [0.05, 0.1) is 16.1 Å². The molecule has 5 nitrogen and oxygen atoms in total. The number of amides is 2. The van der Waals surface area contributed by atoms with Crippen LogP contribution in [0.2, 0.25) is 5.02 Å². The number of carbonyl (C=O) groups is 2. The van der Waals surface area contributed by atoms with E-state index in [1.165, 1.54) is 19.2 Å². The number of carbonyl (C=O) groups excluding carboxylic acids is 2. The van der Waals surface area contributed by atoms with E-state index in [4.69, 9.17) is 16.3 Å². The summed E-state index contributed by atoms with van der Waals surface area (Å²) in [5, 5.41) is 2.85. The third-order valence-corrected chi connectivity index (χ3v) is 6.53. The smallest absolute Gasteiger partial charge is 0.257 e. The molecule has 5 rings (SSSR count). The lowest BCUT2D eigenvalue weighted by atomic mass is 9.93. The van der Waals surface area contributed by atoms with Crippen molar-refractivity contribution >= 4 is 23.4 Å². The molecule has 30 heavy (non-hydrogen) atoms. The zero-order valence-corrected chi connectivity index (χ0v) is 18.0. The minimum absolute atomic E-state index is 0.00410. The molecule has 1 fully saturated rings. The molecule has 2 bridgehead atoms. The van der Waals surface area contributed by atoms with Crippen LogP contribution in [0.25, 0.3) is 0 Å². The Morgan fingerprint density at radius 1 is 1.37 bits per heavy atom. The molecule has 0 unspecified atom stereocenters. The summed E-state index contributed by atoms with van der Waals surface area (Å²) in [6.45, 7) is 4.57. The number of nitrogens with zero attached hydrogens (tertiary/aromatic N) is 1. The van der Waals surface area contributed by atoms with Crippen molar-refractivity contribution in [3.05, 3.63) is 62.9 Å². The van der Waals surface area contributed by atoms with Crippen molar-refractivity contribution in [1.29, 1.82) is 0 Å². The Morgan fingerprint density at radius 3 is 2.80 bits per heavy atom. The van der Waals surface area contributed by atoms with Gasteiger partial charge in [0.2, 0.25) is 0 Å². The second-order valence-corrected chi connectivity index (χ2v) is 8.41. The van der Waals surface area contributed by atoms with Crippen LogP contribution in [0.3, 0.4) is 0 Å². The SMILES string of the molecule is CNC(=O)c1ccc(Cc2cc3c(c(Cl)c2C)O[C@H]2CCN(C3=O)[C@H](C)C2)cc1F. The van der Waals surface area contributed by atoms with E-state index in [0.717, 1.165) is 24.0 Å². The van der Waals surface area contributed by atoms with Crippen molar-refractivity contribution in [2.45, 2.75) is 45.3 Å². The summed E-state index contributed by atoms with van der Waals surface area (Å²) in [6, 6.07) is 6.45. The molecule has 2 aromatic rings. The Morgan fingerprint density at radius 2 is 2.13 bits per heavy atom. The molecule has 2 atom stereocenters. The first-order valence-corrected chi connectivity index (χ1v) is 10.5. The van der Waals surface area contributed by atoms with Gasteiger partial charge >= 0.3 is 0 Å². The van der Waals surface area contributed by atoms with Crippen LogP contribution in [-0.2, 0) is 6.42 Å². The second kappa shape index (κ2) is 7.91. The highest BCUT2D eigenvalue weighted by Crippen LogP contribution is 2.40. The molecule has 1 N–H and O–H groups in total. The first kappa shape index (κ1) is 20.7. The van der Waals surface area contributed by atoms with Gasteiger partial charge in [-0.25, -0.2) is 4.39 Å². The van der Waals surface area contributed by atoms with E-state index in [1.54, 1.807) is 6.07 Å². The van der Waals surface area contributed by atoms with Crippen molar-refractivity contribution in [1.82, 2.24) is 10.2 Å². The summed E-state index contributed by atoms with van der Waals surface area (Å²) in [6.07, 6.45) is 2.01. The normalized spacial score (nSPS) is 20.3. The van der Waals surface area contributed by atoms with Crippen LogP contribution in [0.4, 0.5) is 4.39 Å². The maximum atomic E-state index is 14.4. The fourth-order valence-electron chi connectivity index (χ4n) is 4.30. The lowest BCUT2D eigenvalue weighted by Crippen LogP contribution is -2.49. The van der Waals surface area contributed by atoms with Crippen molar-refractivity contribution in [2.24, 2.45) is 0 Å². The molecule has 0 radical (unpaired) electrons. The van der Waals surface area contributed by atoms with Crippen molar-refractivity contribution in [3.8, 4) is 5.75 Å². The maximum Gasteiger partial charge on any atom is 0.257 e. The monoisotopic (exact) mass is 430 g/mol. The van der Waals surface area contributed by atoms with E-state index in [9.17, 15) is 14.0 Å². The highest BCUT2D eigenvalue weighted by molar-refractivity contribution is 6.33. The minimum atomic E-state index is -0.585. The predicted molar refractivity (Wildman–Crippen MR) is 113 cm³/mol. The molecular weight excluding hydrogens is 407 g/mol. The number of rotatable bonds is 3. The zero-order valence-electron chi connectivity index (χ0n) is 17.2. The summed E-state index contributed by atoms with van der Waals surface area (Å²) in [5.41, 5.74) is 2.77. The van der Waals surface area contributed by atoms with Crippen LogP contribution in [-0.4, -0.2) is 42.5 Å². The topological polar surface area (TPSA) is 58.6 Å². The molecule has 3 aliphatic rings. The van der Waals surface area contributed by atoms with Crippen LogP contribution in [0.1, 0.15) is 57.2 Å². The highest BCUT2D eigenvalue weighted by Gasteiger charge is 2.36. The summed E-state index contributed by atoms with van der Waals surface area (Å²) < 4.78 is 20.6. The molecule has 0 aromatic heterocycles. The molecule has 2 amide bonds. The Kier molecular flexibility index (Phi) is 5.45. The van der Waals surface area contributed by atoms with Gasteiger partial charge in [0.15, 0.2) is 5.75 Å². The Hall–Kier alpha value is -2.60. The van der Waals surface area contributed by atoms with Gasteiger partial charge in [-0.15, -0.1) is 0 Å². The molecule has 2 aromatic carbocycles. The first-order chi connectivity index (χ1) is 14.3. The minimum Gasteiger partial charge on any atom is -0.488 e. The molecule has 7 heteroatoms. The fraction of sp³-hybridized carbons (Fsp3) is 0.391. The number of nitrogens with one attached hydrogen (secondary N) is 1. The van der Waals surface area contributed by atoms with E-state index in [0.29, 0.717) is 34.9 Å². The Balaban J connectivity index is 1.73. The Labute approximate surface area is 180 Å². The molecule has 0 saturated carbocycles. The van der Waals surface area contributed by atoms with E-state index >= 15 is 0 Å². The van der Waals surface area contributed by atoms with Crippen LogP contribution < -0.4 is 10.1 Å². The second-order valence-electron chi connectivity index (χ2n) is 8.03. The van der Waals surface area contributed by atoms with E-state index in [-0.39, 0.29) is 23.6 Å². The average Bonchev–Trinajstić information content (AvgIpc) is 2.71. The number of hydrogen-bond acceptors (Lipinski definition) is 3. The van der Waals surface area contributed by atoms with Crippen LogP contribution in [0, 0.1) is 12.7 Å². The Bertz CT molecular complexity index is 1040. The quantitative estimate of drug-likeness (QED) is 0.796. The van der Waals surface area contributed by atoms with Gasteiger partial charge in [-0.2, -0.15) is 0 Å². The highest BCUT2D eigenvalue weighted by atomic mass is 35.5. The molecule has 158 valence electrons. The van der Waals surface area contributed by atoms with Crippen LogP contribution in [0.15, 0.2) is 24.3 Å². The van der Waals surface area contributed by atoms with Gasteiger partial charge in [0.25, 0.3) is 11.8 Å². The predicted octanol–water partition coefficient (Wildman–Crippen LogP) is 4.12. The summed E-state index contributed by atoms with van der Waals surface area (Å²) >= 11 is 6.64. The number of piperidine rings is 1. The van der Waals surface area contributed by atoms with Gasteiger partial charge in [-0.1, -0.05) is 17.7 Å². The largest absolute Gasteiger partial charge is 0.488 e. The molecular formula is C23H24ClFN2O3. The third-order valence-electron chi connectivity index (χ3n) is 6.08. The maximum absolute atomic E-state index is 14.4. The van der Waals surface area contributed by atoms with Crippen molar-refractivity contribution in [2.75, 3.05) is 13.6 Å². The van der Waals surface area contributed by atoms with Crippen LogP contribution >= 0.6 is 11.6 Å². The first-order valence-electron chi connectivity index (χ1n) is 10.1. The molecule has 3 aliphatic heterocycles. The zero-order chi connectivity index (χ0) is 21.6. The molecule has 0 spiro atoms. The van der Waals surface area contributed by atoms with Crippen molar-refractivity contribution in [3.63, 3.8) is 0 Å². The van der Waals surface area contributed by atoms with Crippen molar-refractivity contribution < 1.29 is 18.7 Å². The van der Waals surface area contributed by atoms with E-state index < -0.39 is 11.7 Å². The van der Waals surface area contributed by atoms with E-state index in [1.807, 2.05) is 24.8 Å². The summed E-state index contributed by atoms with van der Waals surface area (Å²) in [7, 11) is 1.46. The van der Waals surface area contributed by atoms with Gasteiger partial charge in [0.1, 0.15) is 11.9 Å². The van der Waals surface area contributed by atoms with Crippen LogP contribution in [0.5, 0.6) is 5.75 Å². The molecule has 1 saturated heterocycles. The lowest BCUT2D eigenvalue weighted by molar-refractivity contribution is 0.0349. The van der Waals surface area contributed by atoms with Gasteiger partial charge in [-0.05, 0) is 55.2 Å². The number of hydrogen-bond donors (Lipinski definition) is 1. The molecule has 0 aliphatic carbocycles. The molecule has 3 heterocycles. The van der Waals surface area contributed by atoms with E-state index in [2.05, 4.69) is 5.32 Å². The third kappa shape index (κ3) is 3.54. The number of benzene rings is 2. The summed E-state index contributed by atoms with van der Waals surface area (Å²) in [4.78, 5) is 26.8. The van der Waals surface area contributed by atoms with Gasteiger partial charge in [0, 0.05) is 32.5 Å². The number of ether oxygens (including phenoxy) is 1. The lowest BCUT2D eigenvalue weighted by Gasteiger charge is -2.41.